The van der Waals surface area contributed by atoms with Gasteiger partial charge in [0.05, 0.1) is 36.8 Å². The Morgan fingerprint density at radius 1 is 1.03 bits per heavy atom. The van der Waals surface area contributed by atoms with Gasteiger partial charge in [-0.25, -0.2) is 0 Å². The van der Waals surface area contributed by atoms with Crippen molar-refractivity contribution < 1.29 is 28.7 Å². The van der Waals surface area contributed by atoms with E-state index in [2.05, 4.69) is 5.32 Å². The van der Waals surface area contributed by atoms with E-state index in [-0.39, 0.29) is 45.0 Å². The van der Waals surface area contributed by atoms with Crippen LogP contribution in [-0.2, 0) is 0 Å². The van der Waals surface area contributed by atoms with Crippen molar-refractivity contribution in [3.8, 4) is 17.2 Å². The summed E-state index contributed by atoms with van der Waals surface area (Å²) in [7, 11) is 7.00. The van der Waals surface area contributed by atoms with Crippen LogP contribution in [0, 0.1) is 10.1 Å². The number of carbonyl (C=O) groups is 2. The molecule has 0 aliphatic carbocycles. The van der Waals surface area contributed by atoms with Crippen LogP contribution in [0.15, 0.2) is 24.3 Å². The van der Waals surface area contributed by atoms with Crippen molar-refractivity contribution in [2.75, 3.05) is 40.7 Å². The largest absolute Gasteiger partial charge is 0.493 e. The van der Waals surface area contributed by atoms with Crippen LogP contribution in [0.5, 0.6) is 17.2 Å². The van der Waals surface area contributed by atoms with Crippen LogP contribution >= 0.6 is 11.6 Å². The van der Waals surface area contributed by atoms with Crippen LogP contribution in [0.1, 0.15) is 20.7 Å². The molecule has 11 heteroatoms. The number of ether oxygens (including phenoxy) is 3. The summed E-state index contributed by atoms with van der Waals surface area (Å²) < 4.78 is 15.4. The molecule has 0 saturated heterocycles. The molecule has 0 saturated carbocycles. The fraction of sp³-hybridized carbons (Fsp3) is 0.263. The maximum Gasteiger partial charge on any atom is 0.327 e. The fourth-order valence-corrected chi connectivity index (χ4v) is 2.96. The zero-order valence-electron chi connectivity index (χ0n) is 16.9. The highest BCUT2D eigenvalue weighted by atomic mass is 35.5. The molecule has 0 radical (unpaired) electrons. The Bertz CT molecular complexity index is 1010. The third kappa shape index (κ3) is 4.38. The van der Waals surface area contributed by atoms with E-state index in [0.717, 1.165) is 0 Å². The number of nitrogens with one attached hydrogen (secondary N) is 1. The number of methoxy groups -OCH3 is 3. The zero-order valence-corrected chi connectivity index (χ0v) is 17.7. The molecule has 0 spiro atoms. The number of nitro groups is 1. The minimum Gasteiger partial charge on any atom is -0.493 e. The topological polar surface area (TPSA) is 120 Å². The number of benzene rings is 2. The number of nitro benzene ring substituents is 1. The van der Waals surface area contributed by atoms with Crippen LogP contribution in [0.25, 0.3) is 0 Å². The van der Waals surface area contributed by atoms with Crippen LogP contribution in [0.3, 0.4) is 0 Å². The quantitative estimate of drug-likeness (QED) is 0.521. The lowest BCUT2D eigenvalue weighted by molar-refractivity contribution is -0.386. The lowest BCUT2D eigenvalue weighted by Crippen LogP contribution is -2.22. The number of anilines is 1. The smallest absolute Gasteiger partial charge is 0.327 e. The predicted molar refractivity (Wildman–Crippen MR) is 110 cm³/mol. The van der Waals surface area contributed by atoms with Gasteiger partial charge in [0.2, 0.25) is 11.5 Å². The summed E-state index contributed by atoms with van der Waals surface area (Å²) in [5.74, 6) is -1.30. The fourth-order valence-electron chi connectivity index (χ4n) is 2.70. The first-order valence-electron chi connectivity index (χ1n) is 8.46. The maximum absolute atomic E-state index is 12.8. The highest BCUT2D eigenvalue weighted by Crippen LogP contribution is 2.46. The first-order chi connectivity index (χ1) is 14.2. The molecule has 0 unspecified atom stereocenters. The molecule has 0 atom stereocenters. The predicted octanol–water partition coefficient (Wildman–Crippen LogP) is 3.23. The first kappa shape index (κ1) is 22.8. The summed E-state index contributed by atoms with van der Waals surface area (Å²) in [6, 6.07) is 5.47. The summed E-state index contributed by atoms with van der Waals surface area (Å²) in [6.07, 6.45) is 0. The number of amides is 2. The van der Waals surface area contributed by atoms with Crippen molar-refractivity contribution in [3.63, 3.8) is 0 Å². The van der Waals surface area contributed by atoms with Crippen molar-refractivity contribution in [2.24, 2.45) is 0 Å². The Morgan fingerprint density at radius 3 is 2.13 bits per heavy atom. The standard InChI is InChI=1S/C19H20ClN3O7/c1-22(2)19(25)11-7-6-10(8-13(11)20)21-18(24)12-9-14(28-3)16(29-4)17(30-5)15(12)23(26)27/h6-9H,1-5H3,(H,21,24). The van der Waals surface area contributed by atoms with Gasteiger partial charge in [0.25, 0.3) is 11.8 Å². The number of nitrogens with zero attached hydrogens (tertiary/aromatic N) is 2. The molecule has 0 bridgehead atoms. The molecule has 0 fully saturated rings. The van der Waals surface area contributed by atoms with Crippen LogP contribution in [0.4, 0.5) is 11.4 Å². The van der Waals surface area contributed by atoms with Crippen molar-refractivity contribution in [1.82, 2.24) is 4.90 Å². The van der Waals surface area contributed by atoms with Gasteiger partial charge in [-0.1, -0.05) is 11.6 Å². The van der Waals surface area contributed by atoms with Gasteiger partial charge in [0.1, 0.15) is 5.56 Å². The number of hydrogen-bond donors (Lipinski definition) is 1. The number of hydrogen-bond acceptors (Lipinski definition) is 7. The molecule has 2 aromatic carbocycles. The molecular weight excluding hydrogens is 418 g/mol. The van der Waals surface area contributed by atoms with E-state index in [1.165, 1.54) is 50.5 Å². The molecule has 160 valence electrons. The van der Waals surface area contributed by atoms with E-state index in [1.807, 2.05) is 0 Å². The third-order valence-electron chi connectivity index (χ3n) is 4.09. The summed E-state index contributed by atoms with van der Waals surface area (Å²) in [4.78, 5) is 37.2. The maximum atomic E-state index is 12.8. The molecular formula is C19H20ClN3O7. The minimum atomic E-state index is -0.802. The summed E-state index contributed by atoms with van der Waals surface area (Å²) >= 11 is 6.15. The van der Waals surface area contributed by atoms with Crippen LogP contribution in [0.2, 0.25) is 5.02 Å². The van der Waals surface area contributed by atoms with E-state index < -0.39 is 16.5 Å². The van der Waals surface area contributed by atoms with E-state index in [1.54, 1.807) is 14.1 Å². The van der Waals surface area contributed by atoms with Crippen LogP contribution in [-0.4, -0.2) is 57.1 Å². The molecule has 0 aliphatic rings. The Balaban J connectivity index is 2.50. The Hall–Kier alpha value is -3.53. The van der Waals surface area contributed by atoms with Gasteiger partial charge < -0.3 is 24.4 Å². The van der Waals surface area contributed by atoms with E-state index in [9.17, 15) is 19.7 Å². The second-order valence-electron chi connectivity index (χ2n) is 6.15. The molecule has 0 heterocycles. The second kappa shape index (κ2) is 9.31. The Kier molecular flexibility index (Phi) is 7.06. The normalized spacial score (nSPS) is 10.2. The highest BCUT2D eigenvalue weighted by Gasteiger charge is 2.32. The monoisotopic (exact) mass is 437 g/mol. The van der Waals surface area contributed by atoms with Gasteiger partial charge in [-0.05, 0) is 18.2 Å². The summed E-state index contributed by atoms with van der Waals surface area (Å²) in [5, 5.41) is 14.3. The SMILES string of the molecule is COc1cc(C(=O)Nc2ccc(C(=O)N(C)C)c(Cl)c2)c([N+](=O)[O-])c(OC)c1OC. The van der Waals surface area contributed by atoms with Gasteiger partial charge in [-0.15, -0.1) is 0 Å². The van der Waals surface area contributed by atoms with E-state index in [0.29, 0.717) is 0 Å². The third-order valence-corrected chi connectivity index (χ3v) is 4.41. The zero-order chi connectivity index (χ0) is 22.6. The van der Waals surface area contributed by atoms with Crippen molar-refractivity contribution >= 4 is 34.8 Å². The second-order valence-corrected chi connectivity index (χ2v) is 6.55. The highest BCUT2D eigenvalue weighted by molar-refractivity contribution is 6.34. The molecule has 0 aromatic heterocycles. The average Bonchev–Trinajstić information content (AvgIpc) is 2.71. The molecule has 10 nitrogen and oxygen atoms in total. The average molecular weight is 438 g/mol. The van der Waals surface area contributed by atoms with E-state index in [4.69, 9.17) is 25.8 Å². The molecule has 30 heavy (non-hydrogen) atoms. The number of carbonyl (C=O) groups excluding carboxylic acids is 2. The molecule has 2 rings (SSSR count). The molecule has 1 N–H and O–H groups in total. The molecule has 2 aromatic rings. The molecule has 2 amide bonds. The van der Waals surface area contributed by atoms with E-state index >= 15 is 0 Å². The Morgan fingerprint density at radius 2 is 1.67 bits per heavy atom. The van der Waals surface area contributed by atoms with Gasteiger partial charge in [0.15, 0.2) is 5.75 Å². The van der Waals surface area contributed by atoms with Gasteiger partial charge >= 0.3 is 5.69 Å². The van der Waals surface area contributed by atoms with Gasteiger partial charge in [0, 0.05) is 25.8 Å². The number of halogens is 1. The number of rotatable bonds is 7. The summed E-state index contributed by atoms with van der Waals surface area (Å²) in [5.41, 5.74) is -0.404. The Labute approximate surface area is 177 Å². The van der Waals surface area contributed by atoms with Gasteiger partial charge in [-0.3, -0.25) is 19.7 Å². The molecule has 0 aliphatic heterocycles. The van der Waals surface area contributed by atoms with Gasteiger partial charge in [-0.2, -0.15) is 0 Å². The van der Waals surface area contributed by atoms with Crippen molar-refractivity contribution in [1.29, 1.82) is 0 Å². The lowest BCUT2D eigenvalue weighted by Gasteiger charge is -2.15. The van der Waals surface area contributed by atoms with Crippen molar-refractivity contribution in [2.45, 2.75) is 0 Å². The minimum absolute atomic E-state index is 0.0159. The lowest BCUT2D eigenvalue weighted by atomic mass is 10.1. The summed E-state index contributed by atoms with van der Waals surface area (Å²) in [6.45, 7) is 0. The first-order valence-corrected chi connectivity index (χ1v) is 8.83. The van der Waals surface area contributed by atoms with Crippen LogP contribution < -0.4 is 19.5 Å². The van der Waals surface area contributed by atoms with Crippen molar-refractivity contribution in [3.05, 3.63) is 50.5 Å².